The third-order valence-electron chi connectivity index (χ3n) is 4.69. The van der Waals surface area contributed by atoms with Crippen molar-refractivity contribution in [2.24, 2.45) is 0 Å². The highest BCUT2D eigenvalue weighted by Gasteiger charge is 2.52. The molecule has 0 amide bonds. The molecule has 1 saturated heterocycles. The van der Waals surface area contributed by atoms with Crippen molar-refractivity contribution in [2.75, 3.05) is 7.11 Å². The van der Waals surface area contributed by atoms with Gasteiger partial charge in [0.15, 0.2) is 0 Å². The maximum atomic E-state index is 6.18. The second kappa shape index (κ2) is 5.34. The van der Waals surface area contributed by atoms with Gasteiger partial charge < -0.3 is 14.0 Å². The highest BCUT2D eigenvalue weighted by molar-refractivity contribution is 6.65. The summed E-state index contributed by atoms with van der Waals surface area (Å²) in [5, 5.41) is 1.05. The topological polar surface area (TPSA) is 40.6 Å². The van der Waals surface area contributed by atoms with Gasteiger partial charge in [-0.15, -0.1) is 0 Å². The minimum absolute atomic E-state index is 0.350. The van der Waals surface area contributed by atoms with Gasteiger partial charge in [0.25, 0.3) is 0 Å². The molecular formula is C17H22BNO3. The zero-order chi connectivity index (χ0) is 16.0. The molecule has 116 valence electrons. The average Bonchev–Trinajstić information content (AvgIpc) is 2.68. The number of pyridine rings is 1. The molecule has 1 aliphatic rings. The molecule has 5 heteroatoms. The highest BCUT2D eigenvalue weighted by Crippen LogP contribution is 2.37. The summed E-state index contributed by atoms with van der Waals surface area (Å²) in [5.41, 5.74) is 2.32. The van der Waals surface area contributed by atoms with E-state index in [-0.39, 0.29) is 18.3 Å². The Hall–Kier alpha value is -1.43. The lowest BCUT2D eigenvalue weighted by Crippen LogP contribution is -2.41. The second-order valence-electron chi connectivity index (χ2n) is 6.73. The quantitative estimate of drug-likeness (QED) is 0.817. The van der Waals surface area contributed by atoms with Crippen molar-refractivity contribution in [3.05, 3.63) is 36.0 Å². The van der Waals surface area contributed by atoms with Crippen LogP contribution in [0, 0.1) is 0 Å². The predicted molar refractivity (Wildman–Crippen MR) is 88.2 cm³/mol. The van der Waals surface area contributed by atoms with E-state index >= 15 is 0 Å². The van der Waals surface area contributed by atoms with Crippen LogP contribution in [0.25, 0.3) is 10.9 Å². The number of benzene rings is 1. The van der Waals surface area contributed by atoms with Gasteiger partial charge in [0, 0.05) is 24.3 Å². The zero-order valence-corrected chi connectivity index (χ0v) is 13.8. The van der Waals surface area contributed by atoms with Crippen molar-refractivity contribution in [1.29, 1.82) is 0 Å². The Morgan fingerprint density at radius 3 is 2.41 bits per heavy atom. The molecule has 22 heavy (non-hydrogen) atoms. The van der Waals surface area contributed by atoms with Gasteiger partial charge in [0.2, 0.25) is 0 Å². The predicted octanol–water partition coefficient (Wildman–Crippen LogP) is 2.68. The maximum Gasteiger partial charge on any atom is 0.495 e. The van der Waals surface area contributed by atoms with Crippen molar-refractivity contribution < 1.29 is 14.0 Å². The molecule has 0 radical (unpaired) electrons. The van der Waals surface area contributed by atoms with Gasteiger partial charge in [-0.1, -0.05) is 18.2 Å². The van der Waals surface area contributed by atoms with Crippen molar-refractivity contribution in [3.63, 3.8) is 0 Å². The molecule has 3 rings (SSSR count). The number of fused-ring (bicyclic) bond motifs is 1. The molecule has 0 saturated carbocycles. The molecule has 0 bridgehead atoms. The fraction of sp³-hybridized carbons (Fsp3) is 0.471. The van der Waals surface area contributed by atoms with Gasteiger partial charge in [-0.2, -0.15) is 0 Å². The van der Waals surface area contributed by atoms with Crippen molar-refractivity contribution in [1.82, 2.24) is 4.98 Å². The first-order chi connectivity index (χ1) is 10.4. The Kier molecular flexibility index (Phi) is 3.75. The number of ether oxygens (including phenoxy) is 1. The fourth-order valence-electron chi connectivity index (χ4n) is 2.70. The molecule has 2 heterocycles. The number of hydrogen-bond donors (Lipinski definition) is 0. The molecule has 1 aromatic carbocycles. The van der Waals surface area contributed by atoms with Crippen LogP contribution in [0.5, 0.6) is 0 Å². The Labute approximate surface area is 131 Å². The standard InChI is InChI=1S/C17H22BNO3/c1-16(2)17(3,4)22-18(21-16)14-9-8-12(11-20-5)15-13(14)7-6-10-19-15/h6-10H,11H2,1-5H3. The first kappa shape index (κ1) is 15.5. The Morgan fingerprint density at radius 2 is 1.77 bits per heavy atom. The summed E-state index contributed by atoms with van der Waals surface area (Å²) >= 11 is 0. The van der Waals surface area contributed by atoms with Crippen LogP contribution in [0.4, 0.5) is 0 Å². The summed E-state index contributed by atoms with van der Waals surface area (Å²) in [6, 6.07) is 8.09. The molecule has 0 N–H and O–H groups in total. The van der Waals surface area contributed by atoms with E-state index < -0.39 is 0 Å². The molecule has 1 aromatic heterocycles. The molecule has 4 nitrogen and oxygen atoms in total. The zero-order valence-electron chi connectivity index (χ0n) is 13.8. The summed E-state index contributed by atoms with van der Waals surface area (Å²) in [6.07, 6.45) is 1.80. The molecule has 1 fully saturated rings. The number of nitrogens with zero attached hydrogens (tertiary/aromatic N) is 1. The molecule has 1 aliphatic heterocycles. The number of aromatic nitrogens is 1. The Morgan fingerprint density at radius 1 is 1.09 bits per heavy atom. The van der Waals surface area contributed by atoms with Crippen molar-refractivity contribution >= 4 is 23.5 Å². The van der Waals surface area contributed by atoms with Gasteiger partial charge in [-0.3, -0.25) is 4.98 Å². The lowest BCUT2D eigenvalue weighted by Gasteiger charge is -2.32. The third-order valence-corrected chi connectivity index (χ3v) is 4.69. The van der Waals surface area contributed by atoms with E-state index in [2.05, 4.69) is 44.8 Å². The molecule has 0 spiro atoms. The summed E-state index contributed by atoms with van der Waals surface area (Å²) in [4.78, 5) is 4.51. The van der Waals surface area contributed by atoms with Crippen LogP contribution in [0.1, 0.15) is 33.3 Å². The molecule has 0 unspecified atom stereocenters. The average molecular weight is 299 g/mol. The first-order valence-electron chi connectivity index (χ1n) is 7.57. The fourth-order valence-corrected chi connectivity index (χ4v) is 2.70. The van der Waals surface area contributed by atoms with E-state index in [0.717, 1.165) is 21.9 Å². The maximum absolute atomic E-state index is 6.18. The summed E-state index contributed by atoms with van der Waals surface area (Å²) in [6.45, 7) is 8.79. The minimum Gasteiger partial charge on any atom is -0.399 e. The number of methoxy groups -OCH3 is 1. The van der Waals surface area contributed by atoms with Gasteiger partial charge >= 0.3 is 7.12 Å². The van der Waals surface area contributed by atoms with Gasteiger partial charge in [-0.25, -0.2) is 0 Å². The second-order valence-corrected chi connectivity index (χ2v) is 6.73. The highest BCUT2D eigenvalue weighted by atomic mass is 16.7. The SMILES string of the molecule is COCc1ccc(B2OC(C)(C)C(C)(C)O2)c2cccnc12. The van der Waals surface area contributed by atoms with E-state index in [1.165, 1.54) is 0 Å². The summed E-state index contributed by atoms with van der Waals surface area (Å²) in [5.74, 6) is 0. The van der Waals surface area contributed by atoms with Crippen LogP contribution < -0.4 is 5.46 Å². The van der Waals surface area contributed by atoms with Crippen LogP contribution in [0.2, 0.25) is 0 Å². The summed E-state index contributed by atoms with van der Waals surface area (Å²) in [7, 11) is 1.31. The molecule has 0 aliphatic carbocycles. The lowest BCUT2D eigenvalue weighted by molar-refractivity contribution is 0.00578. The largest absolute Gasteiger partial charge is 0.495 e. The van der Waals surface area contributed by atoms with Crippen LogP contribution in [-0.2, 0) is 20.7 Å². The smallest absolute Gasteiger partial charge is 0.399 e. The van der Waals surface area contributed by atoms with Crippen molar-refractivity contribution in [2.45, 2.75) is 45.5 Å². The normalized spacial score (nSPS) is 19.8. The minimum atomic E-state index is -0.381. The first-order valence-corrected chi connectivity index (χ1v) is 7.57. The van der Waals surface area contributed by atoms with E-state index in [0.29, 0.717) is 6.61 Å². The monoisotopic (exact) mass is 299 g/mol. The Balaban J connectivity index is 2.08. The van der Waals surface area contributed by atoms with Crippen LogP contribution in [0.15, 0.2) is 30.5 Å². The third kappa shape index (κ3) is 2.43. The lowest BCUT2D eigenvalue weighted by atomic mass is 9.76. The van der Waals surface area contributed by atoms with Crippen LogP contribution in [-0.4, -0.2) is 30.4 Å². The molecule has 0 atom stereocenters. The number of rotatable bonds is 3. The van der Waals surface area contributed by atoms with Gasteiger partial charge in [0.05, 0.1) is 23.3 Å². The van der Waals surface area contributed by atoms with E-state index in [1.54, 1.807) is 13.3 Å². The van der Waals surface area contributed by atoms with E-state index in [9.17, 15) is 0 Å². The van der Waals surface area contributed by atoms with Gasteiger partial charge in [0.1, 0.15) is 0 Å². The van der Waals surface area contributed by atoms with Gasteiger partial charge in [-0.05, 0) is 39.2 Å². The van der Waals surface area contributed by atoms with Crippen molar-refractivity contribution in [3.8, 4) is 0 Å². The van der Waals surface area contributed by atoms with Crippen LogP contribution in [0.3, 0.4) is 0 Å². The number of hydrogen-bond acceptors (Lipinski definition) is 4. The van der Waals surface area contributed by atoms with E-state index in [1.807, 2.05) is 12.1 Å². The molecular weight excluding hydrogens is 277 g/mol. The van der Waals surface area contributed by atoms with Crippen LogP contribution >= 0.6 is 0 Å². The summed E-state index contributed by atoms with van der Waals surface area (Å²) < 4.78 is 17.6. The van der Waals surface area contributed by atoms with E-state index in [4.69, 9.17) is 14.0 Å². The molecule has 2 aromatic rings. The Bertz CT molecular complexity index is 683.